The summed E-state index contributed by atoms with van der Waals surface area (Å²) in [4.78, 5) is 23.2. The standard InChI is InChI=1S/C17H23N3O4/c1-12(2)24-14-7-5-13(6-8-14)10-19-20-17(22)16(21)18-11-15-4-3-9-23-15/h5-8,10,12,15H,3-4,9,11H2,1-2H3,(H,18,21)(H,20,22)/b19-10-/t15-/m1/s1. The molecule has 1 atom stereocenters. The third kappa shape index (κ3) is 6.00. The van der Waals surface area contributed by atoms with Crippen molar-refractivity contribution in [3.05, 3.63) is 29.8 Å². The molecule has 130 valence electrons. The quantitative estimate of drug-likeness (QED) is 0.465. The Bertz CT molecular complexity index is 578. The van der Waals surface area contributed by atoms with Crippen molar-refractivity contribution in [2.24, 2.45) is 5.10 Å². The molecular weight excluding hydrogens is 310 g/mol. The first kappa shape index (κ1) is 17.9. The van der Waals surface area contributed by atoms with Crippen LogP contribution in [0.1, 0.15) is 32.3 Å². The molecule has 1 aliphatic rings. The van der Waals surface area contributed by atoms with E-state index in [9.17, 15) is 9.59 Å². The number of ether oxygens (including phenoxy) is 2. The molecule has 0 spiro atoms. The molecule has 1 saturated heterocycles. The van der Waals surface area contributed by atoms with Crippen LogP contribution in [0.25, 0.3) is 0 Å². The normalized spacial score (nSPS) is 17.2. The maximum Gasteiger partial charge on any atom is 0.329 e. The molecule has 0 saturated carbocycles. The summed E-state index contributed by atoms with van der Waals surface area (Å²) in [6.07, 6.45) is 3.45. The fourth-order valence-corrected chi connectivity index (χ4v) is 2.21. The fourth-order valence-electron chi connectivity index (χ4n) is 2.21. The van der Waals surface area contributed by atoms with Gasteiger partial charge in [-0.25, -0.2) is 5.43 Å². The Morgan fingerprint density at radius 2 is 2.08 bits per heavy atom. The molecule has 24 heavy (non-hydrogen) atoms. The maximum absolute atomic E-state index is 11.6. The number of amides is 2. The number of hydrogen-bond donors (Lipinski definition) is 2. The van der Waals surface area contributed by atoms with Gasteiger partial charge in [0.25, 0.3) is 0 Å². The van der Waals surface area contributed by atoms with E-state index in [1.807, 2.05) is 38.1 Å². The van der Waals surface area contributed by atoms with E-state index in [1.54, 1.807) is 0 Å². The minimum atomic E-state index is -0.802. The fraction of sp³-hybridized carbons (Fsp3) is 0.471. The summed E-state index contributed by atoms with van der Waals surface area (Å²) < 4.78 is 10.9. The summed E-state index contributed by atoms with van der Waals surface area (Å²) in [6.45, 7) is 4.95. The van der Waals surface area contributed by atoms with Gasteiger partial charge in [-0.2, -0.15) is 5.10 Å². The second-order valence-electron chi connectivity index (χ2n) is 5.78. The highest BCUT2D eigenvalue weighted by atomic mass is 16.5. The highest BCUT2D eigenvalue weighted by Gasteiger charge is 2.18. The van der Waals surface area contributed by atoms with Gasteiger partial charge in [0.2, 0.25) is 0 Å². The van der Waals surface area contributed by atoms with Crippen molar-refractivity contribution in [2.75, 3.05) is 13.2 Å². The number of carbonyl (C=O) groups is 2. The molecule has 1 aromatic rings. The molecule has 2 rings (SSSR count). The molecule has 1 aliphatic heterocycles. The lowest BCUT2D eigenvalue weighted by Crippen LogP contribution is -2.41. The predicted molar refractivity (Wildman–Crippen MR) is 89.9 cm³/mol. The zero-order chi connectivity index (χ0) is 17.4. The molecule has 0 bridgehead atoms. The van der Waals surface area contributed by atoms with E-state index in [0.29, 0.717) is 13.2 Å². The molecule has 0 aliphatic carbocycles. The van der Waals surface area contributed by atoms with Gasteiger partial charge in [-0.3, -0.25) is 9.59 Å². The first-order valence-corrected chi connectivity index (χ1v) is 8.04. The van der Waals surface area contributed by atoms with Crippen LogP contribution in [0.15, 0.2) is 29.4 Å². The zero-order valence-electron chi connectivity index (χ0n) is 14.0. The number of hydrazone groups is 1. The third-order valence-corrected chi connectivity index (χ3v) is 3.35. The van der Waals surface area contributed by atoms with Crippen molar-refractivity contribution in [3.63, 3.8) is 0 Å². The van der Waals surface area contributed by atoms with Gasteiger partial charge in [-0.05, 0) is 56.5 Å². The zero-order valence-corrected chi connectivity index (χ0v) is 14.0. The summed E-state index contributed by atoms with van der Waals surface area (Å²) >= 11 is 0. The van der Waals surface area contributed by atoms with Crippen LogP contribution in [0.2, 0.25) is 0 Å². The van der Waals surface area contributed by atoms with Crippen LogP contribution in [0.4, 0.5) is 0 Å². The largest absolute Gasteiger partial charge is 0.491 e. The topological polar surface area (TPSA) is 89.0 Å². The van der Waals surface area contributed by atoms with Crippen LogP contribution in [0.5, 0.6) is 5.75 Å². The van der Waals surface area contributed by atoms with E-state index < -0.39 is 11.8 Å². The number of benzene rings is 1. The molecule has 1 heterocycles. The van der Waals surface area contributed by atoms with Gasteiger partial charge in [0.05, 0.1) is 18.4 Å². The minimum Gasteiger partial charge on any atom is -0.491 e. The second kappa shape index (κ2) is 9.02. The van der Waals surface area contributed by atoms with Crippen LogP contribution >= 0.6 is 0 Å². The van der Waals surface area contributed by atoms with E-state index in [-0.39, 0.29) is 12.2 Å². The first-order chi connectivity index (χ1) is 11.5. The Kier molecular flexibility index (Phi) is 6.74. The highest BCUT2D eigenvalue weighted by molar-refractivity contribution is 6.35. The Labute approximate surface area is 141 Å². The van der Waals surface area contributed by atoms with E-state index in [4.69, 9.17) is 9.47 Å². The van der Waals surface area contributed by atoms with Crippen molar-refractivity contribution in [3.8, 4) is 5.75 Å². The Balaban J connectivity index is 1.73. The third-order valence-electron chi connectivity index (χ3n) is 3.35. The average Bonchev–Trinajstić information content (AvgIpc) is 3.07. The highest BCUT2D eigenvalue weighted by Crippen LogP contribution is 2.12. The Morgan fingerprint density at radius 1 is 1.33 bits per heavy atom. The van der Waals surface area contributed by atoms with Crippen molar-refractivity contribution in [2.45, 2.75) is 38.9 Å². The van der Waals surface area contributed by atoms with Crippen LogP contribution in [-0.4, -0.2) is 43.4 Å². The van der Waals surface area contributed by atoms with Gasteiger partial charge >= 0.3 is 11.8 Å². The lowest BCUT2D eigenvalue weighted by atomic mass is 10.2. The lowest BCUT2D eigenvalue weighted by molar-refractivity contribution is -0.139. The number of nitrogens with zero attached hydrogens (tertiary/aromatic N) is 1. The van der Waals surface area contributed by atoms with Crippen LogP contribution in [-0.2, 0) is 14.3 Å². The Hall–Kier alpha value is -2.41. The van der Waals surface area contributed by atoms with Crippen LogP contribution in [0.3, 0.4) is 0 Å². The monoisotopic (exact) mass is 333 g/mol. The van der Waals surface area contributed by atoms with Gasteiger partial charge in [0.1, 0.15) is 5.75 Å². The second-order valence-corrected chi connectivity index (χ2v) is 5.78. The molecule has 1 fully saturated rings. The molecule has 1 aromatic carbocycles. The SMILES string of the molecule is CC(C)Oc1ccc(/C=N\NC(=O)C(=O)NC[C@H]2CCCO2)cc1. The van der Waals surface area contributed by atoms with E-state index >= 15 is 0 Å². The van der Waals surface area contributed by atoms with Gasteiger partial charge < -0.3 is 14.8 Å². The molecule has 7 nitrogen and oxygen atoms in total. The Morgan fingerprint density at radius 3 is 2.71 bits per heavy atom. The number of rotatable bonds is 6. The predicted octanol–water partition coefficient (Wildman–Crippen LogP) is 1.22. The molecular formula is C17H23N3O4. The minimum absolute atomic E-state index is 0.00294. The number of hydrogen-bond acceptors (Lipinski definition) is 5. The lowest BCUT2D eigenvalue weighted by Gasteiger charge is -2.09. The summed E-state index contributed by atoms with van der Waals surface area (Å²) in [7, 11) is 0. The van der Waals surface area contributed by atoms with Crippen molar-refractivity contribution < 1.29 is 19.1 Å². The molecule has 7 heteroatoms. The van der Waals surface area contributed by atoms with Crippen LogP contribution < -0.4 is 15.5 Å². The van der Waals surface area contributed by atoms with E-state index in [0.717, 1.165) is 24.2 Å². The molecule has 0 aromatic heterocycles. The van der Waals surface area contributed by atoms with Gasteiger partial charge in [0.15, 0.2) is 0 Å². The molecule has 2 N–H and O–H groups in total. The average molecular weight is 333 g/mol. The van der Waals surface area contributed by atoms with Crippen LogP contribution in [0, 0.1) is 0 Å². The van der Waals surface area contributed by atoms with E-state index in [2.05, 4.69) is 15.8 Å². The first-order valence-electron chi connectivity index (χ1n) is 8.04. The summed E-state index contributed by atoms with van der Waals surface area (Å²) in [5.74, 6) is -0.757. The van der Waals surface area contributed by atoms with Gasteiger partial charge in [0, 0.05) is 13.2 Å². The van der Waals surface area contributed by atoms with Crippen molar-refractivity contribution >= 4 is 18.0 Å². The summed E-state index contributed by atoms with van der Waals surface area (Å²) in [5.41, 5.74) is 2.98. The number of carbonyl (C=O) groups excluding carboxylic acids is 2. The van der Waals surface area contributed by atoms with Crippen molar-refractivity contribution in [1.82, 2.24) is 10.7 Å². The smallest absolute Gasteiger partial charge is 0.329 e. The molecule has 0 unspecified atom stereocenters. The van der Waals surface area contributed by atoms with E-state index in [1.165, 1.54) is 6.21 Å². The van der Waals surface area contributed by atoms with Crippen molar-refractivity contribution in [1.29, 1.82) is 0 Å². The summed E-state index contributed by atoms with van der Waals surface area (Å²) in [6, 6.07) is 7.25. The van der Waals surface area contributed by atoms with Gasteiger partial charge in [-0.15, -0.1) is 0 Å². The molecule has 2 amide bonds. The molecule has 0 radical (unpaired) electrons. The van der Waals surface area contributed by atoms with Gasteiger partial charge in [-0.1, -0.05) is 0 Å². The summed E-state index contributed by atoms with van der Waals surface area (Å²) in [5, 5.41) is 6.31. The number of nitrogens with one attached hydrogen (secondary N) is 2. The maximum atomic E-state index is 11.6.